The molecule has 0 saturated heterocycles. The molecule has 6 heteroatoms. The van der Waals surface area contributed by atoms with Gasteiger partial charge in [-0.15, -0.1) is 0 Å². The second kappa shape index (κ2) is 8.61. The Hall–Kier alpha value is -3.93. The number of carbonyl (C=O) groups is 1. The SMILES string of the molecule is COc1ccc(-c2cc(C(=O)OCc3ccccn3)c3ccccc3n2)cc1OC. The van der Waals surface area contributed by atoms with Crippen LogP contribution in [0.4, 0.5) is 0 Å². The van der Waals surface area contributed by atoms with Crippen LogP contribution in [0.2, 0.25) is 0 Å². The van der Waals surface area contributed by atoms with E-state index in [9.17, 15) is 4.79 Å². The van der Waals surface area contributed by atoms with Crippen LogP contribution in [0, 0.1) is 0 Å². The van der Waals surface area contributed by atoms with E-state index in [1.807, 2.05) is 60.7 Å². The molecular formula is C24H20N2O4. The average Bonchev–Trinajstić information content (AvgIpc) is 2.82. The fourth-order valence-electron chi connectivity index (χ4n) is 3.19. The van der Waals surface area contributed by atoms with E-state index in [2.05, 4.69) is 4.98 Å². The second-order valence-corrected chi connectivity index (χ2v) is 6.54. The van der Waals surface area contributed by atoms with Crippen LogP contribution >= 0.6 is 0 Å². The van der Waals surface area contributed by atoms with Gasteiger partial charge in [0.2, 0.25) is 0 Å². The van der Waals surface area contributed by atoms with Crippen LogP contribution in [0.1, 0.15) is 16.1 Å². The number of pyridine rings is 2. The Morgan fingerprint density at radius 2 is 1.70 bits per heavy atom. The molecule has 6 nitrogen and oxygen atoms in total. The summed E-state index contributed by atoms with van der Waals surface area (Å²) in [6, 6.07) is 20.2. The van der Waals surface area contributed by atoms with Gasteiger partial charge in [0.05, 0.1) is 36.7 Å². The number of nitrogens with zero attached hydrogens (tertiary/aromatic N) is 2. The normalized spacial score (nSPS) is 10.6. The van der Waals surface area contributed by atoms with Crippen molar-refractivity contribution in [3.63, 3.8) is 0 Å². The molecule has 4 rings (SSSR count). The van der Waals surface area contributed by atoms with Crippen molar-refractivity contribution in [2.45, 2.75) is 6.61 Å². The number of esters is 1. The number of carbonyl (C=O) groups excluding carboxylic acids is 1. The molecule has 0 radical (unpaired) electrons. The maximum atomic E-state index is 12.9. The van der Waals surface area contributed by atoms with E-state index >= 15 is 0 Å². The van der Waals surface area contributed by atoms with E-state index in [0.717, 1.165) is 10.9 Å². The molecule has 0 aliphatic carbocycles. The number of rotatable bonds is 6. The van der Waals surface area contributed by atoms with Gasteiger partial charge in [0.15, 0.2) is 11.5 Å². The topological polar surface area (TPSA) is 70.5 Å². The first-order valence-electron chi connectivity index (χ1n) is 9.39. The first-order valence-corrected chi connectivity index (χ1v) is 9.39. The second-order valence-electron chi connectivity index (χ2n) is 6.54. The zero-order valence-corrected chi connectivity index (χ0v) is 16.7. The van der Waals surface area contributed by atoms with Crippen molar-refractivity contribution in [3.05, 3.63) is 84.2 Å². The summed E-state index contributed by atoms with van der Waals surface area (Å²) in [5.41, 5.74) is 3.27. The minimum atomic E-state index is -0.430. The predicted molar refractivity (Wildman–Crippen MR) is 114 cm³/mol. The fourth-order valence-corrected chi connectivity index (χ4v) is 3.19. The molecule has 0 spiro atoms. The first kappa shape index (κ1) is 19.4. The van der Waals surface area contributed by atoms with Crippen LogP contribution in [-0.2, 0) is 11.3 Å². The van der Waals surface area contributed by atoms with Gasteiger partial charge in [-0.05, 0) is 42.5 Å². The molecule has 0 amide bonds. The van der Waals surface area contributed by atoms with Crippen molar-refractivity contribution in [1.82, 2.24) is 9.97 Å². The third-order valence-corrected chi connectivity index (χ3v) is 4.69. The molecule has 0 unspecified atom stereocenters. The maximum Gasteiger partial charge on any atom is 0.339 e. The van der Waals surface area contributed by atoms with Gasteiger partial charge in [-0.2, -0.15) is 0 Å². The van der Waals surface area contributed by atoms with Gasteiger partial charge in [-0.25, -0.2) is 9.78 Å². The molecule has 0 bridgehead atoms. The van der Waals surface area contributed by atoms with Crippen LogP contribution in [0.3, 0.4) is 0 Å². The highest BCUT2D eigenvalue weighted by molar-refractivity contribution is 6.04. The van der Waals surface area contributed by atoms with Crippen LogP contribution in [-0.4, -0.2) is 30.2 Å². The fraction of sp³-hybridized carbons (Fsp3) is 0.125. The molecule has 30 heavy (non-hydrogen) atoms. The summed E-state index contributed by atoms with van der Waals surface area (Å²) in [6.07, 6.45) is 1.67. The average molecular weight is 400 g/mol. The summed E-state index contributed by atoms with van der Waals surface area (Å²) in [6.45, 7) is 0.0992. The number of fused-ring (bicyclic) bond motifs is 1. The van der Waals surface area contributed by atoms with Crippen LogP contribution in [0.25, 0.3) is 22.2 Å². The zero-order chi connectivity index (χ0) is 20.9. The molecule has 4 aromatic rings. The summed E-state index contributed by atoms with van der Waals surface area (Å²) < 4.78 is 16.2. The lowest BCUT2D eigenvalue weighted by Crippen LogP contribution is -2.08. The van der Waals surface area contributed by atoms with Crippen LogP contribution in [0.5, 0.6) is 11.5 Å². The van der Waals surface area contributed by atoms with E-state index in [4.69, 9.17) is 19.2 Å². The van der Waals surface area contributed by atoms with Crippen molar-refractivity contribution in [2.75, 3.05) is 14.2 Å². The van der Waals surface area contributed by atoms with E-state index in [1.165, 1.54) is 0 Å². The highest BCUT2D eigenvalue weighted by Gasteiger charge is 2.16. The molecule has 0 saturated carbocycles. The Labute approximate surface area is 174 Å². The third-order valence-electron chi connectivity index (χ3n) is 4.69. The lowest BCUT2D eigenvalue weighted by Gasteiger charge is -2.12. The Bertz CT molecular complexity index is 1190. The van der Waals surface area contributed by atoms with Gasteiger partial charge < -0.3 is 14.2 Å². The van der Waals surface area contributed by atoms with E-state index < -0.39 is 5.97 Å². The van der Waals surface area contributed by atoms with Crippen molar-refractivity contribution in [1.29, 1.82) is 0 Å². The molecule has 0 fully saturated rings. The molecule has 0 aliphatic heterocycles. The Morgan fingerprint density at radius 3 is 2.47 bits per heavy atom. The zero-order valence-electron chi connectivity index (χ0n) is 16.7. The molecule has 2 aromatic heterocycles. The number of hydrogen-bond acceptors (Lipinski definition) is 6. The number of methoxy groups -OCH3 is 2. The van der Waals surface area contributed by atoms with Gasteiger partial charge in [-0.3, -0.25) is 4.98 Å². The standard InChI is InChI=1S/C24H20N2O4/c1-28-22-11-10-16(13-23(22)29-2)21-14-19(18-8-3-4-9-20(18)26-21)24(27)30-15-17-7-5-6-12-25-17/h3-14H,15H2,1-2H3. The van der Waals surface area contributed by atoms with E-state index in [1.54, 1.807) is 26.5 Å². The van der Waals surface area contributed by atoms with Crippen molar-refractivity contribution >= 4 is 16.9 Å². The van der Waals surface area contributed by atoms with Crippen LogP contribution < -0.4 is 9.47 Å². The molecule has 0 N–H and O–H groups in total. The van der Waals surface area contributed by atoms with Crippen molar-refractivity contribution in [2.24, 2.45) is 0 Å². The summed E-state index contributed by atoms with van der Waals surface area (Å²) >= 11 is 0. The Morgan fingerprint density at radius 1 is 0.900 bits per heavy atom. The first-order chi connectivity index (χ1) is 14.7. The number of ether oxygens (including phenoxy) is 3. The van der Waals surface area contributed by atoms with E-state index in [0.29, 0.717) is 34.0 Å². The third kappa shape index (κ3) is 3.93. The van der Waals surface area contributed by atoms with Crippen molar-refractivity contribution in [3.8, 4) is 22.8 Å². The summed E-state index contributed by atoms with van der Waals surface area (Å²) in [4.78, 5) is 21.8. The van der Waals surface area contributed by atoms with Gasteiger partial charge in [0.1, 0.15) is 6.61 Å². The minimum Gasteiger partial charge on any atom is -0.493 e. The molecule has 0 aliphatic rings. The van der Waals surface area contributed by atoms with Crippen molar-refractivity contribution < 1.29 is 19.0 Å². The Balaban J connectivity index is 1.73. The molecule has 2 aromatic carbocycles. The van der Waals surface area contributed by atoms with Gasteiger partial charge >= 0.3 is 5.97 Å². The van der Waals surface area contributed by atoms with Crippen LogP contribution in [0.15, 0.2) is 72.9 Å². The minimum absolute atomic E-state index is 0.0992. The molecule has 0 atom stereocenters. The Kier molecular flexibility index (Phi) is 5.57. The molecular weight excluding hydrogens is 380 g/mol. The molecule has 150 valence electrons. The maximum absolute atomic E-state index is 12.9. The van der Waals surface area contributed by atoms with Gasteiger partial charge in [-0.1, -0.05) is 24.3 Å². The highest BCUT2D eigenvalue weighted by atomic mass is 16.5. The highest BCUT2D eigenvalue weighted by Crippen LogP contribution is 2.33. The lowest BCUT2D eigenvalue weighted by atomic mass is 10.0. The lowest BCUT2D eigenvalue weighted by molar-refractivity contribution is 0.0470. The predicted octanol–water partition coefficient (Wildman–Crippen LogP) is 4.67. The largest absolute Gasteiger partial charge is 0.493 e. The smallest absolute Gasteiger partial charge is 0.339 e. The molecule has 2 heterocycles. The quantitative estimate of drug-likeness (QED) is 0.438. The summed E-state index contributed by atoms with van der Waals surface area (Å²) in [5, 5.41) is 0.729. The van der Waals surface area contributed by atoms with Gasteiger partial charge in [0, 0.05) is 17.1 Å². The summed E-state index contributed by atoms with van der Waals surface area (Å²) in [7, 11) is 3.16. The summed E-state index contributed by atoms with van der Waals surface area (Å²) in [5.74, 6) is 0.780. The van der Waals surface area contributed by atoms with Gasteiger partial charge in [0.25, 0.3) is 0 Å². The number of benzene rings is 2. The number of para-hydroxylation sites is 1. The van der Waals surface area contributed by atoms with E-state index in [-0.39, 0.29) is 6.61 Å². The number of hydrogen-bond donors (Lipinski definition) is 0. The number of aromatic nitrogens is 2. The monoisotopic (exact) mass is 400 g/mol.